The van der Waals surface area contributed by atoms with Crippen LogP contribution in [0.15, 0.2) is 29.2 Å². The molecular weight excluding hydrogens is 280 g/mol. The van der Waals surface area contributed by atoms with E-state index >= 15 is 0 Å². The van der Waals surface area contributed by atoms with Crippen LogP contribution in [0.4, 0.5) is 0 Å². The lowest BCUT2D eigenvalue weighted by atomic mass is 10.2. The van der Waals surface area contributed by atoms with Gasteiger partial charge < -0.3 is 5.73 Å². The van der Waals surface area contributed by atoms with E-state index in [1.807, 2.05) is 0 Å². The molecule has 2 N–H and O–H groups in total. The van der Waals surface area contributed by atoms with Crippen molar-refractivity contribution in [3.8, 4) is 11.8 Å². The normalized spacial score (nSPS) is 16.7. The first-order valence-corrected chi connectivity index (χ1v) is 8.61. The Morgan fingerprint density at radius 3 is 2.42 bits per heavy atom. The van der Waals surface area contributed by atoms with Crippen molar-refractivity contribution in [3.05, 3.63) is 29.8 Å². The zero-order chi connectivity index (χ0) is 13.7. The Kier molecular flexibility index (Phi) is 4.88. The molecule has 0 aromatic heterocycles. The zero-order valence-corrected chi connectivity index (χ0v) is 12.1. The highest BCUT2D eigenvalue weighted by atomic mass is 32.2. The number of nitrogens with two attached hydrogens (primary N) is 1. The second-order valence-electron chi connectivity index (χ2n) is 4.05. The van der Waals surface area contributed by atoms with Crippen molar-refractivity contribution in [1.29, 1.82) is 0 Å². The van der Waals surface area contributed by atoms with Crippen LogP contribution < -0.4 is 5.73 Å². The van der Waals surface area contributed by atoms with Crippen LogP contribution in [0, 0.1) is 11.8 Å². The first-order chi connectivity index (χ1) is 9.14. The number of sulfonamides is 1. The minimum Gasteiger partial charge on any atom is -0.320 e. The van der Waals surface area contributed by atoms with Gasteiger partial charge in [-0.2, -0.15) is 16.1 Å². The van der Waals surface area contributed by atoms with E-state index < -0.39 is 10.0 Å². The molecule has 2 rings (SSSR count). The molecule has 102 valence electrons. The summed E-state index contributed by atoms with van der Waals surface area (Å²) in [5.41, 5.74) is 6.07. The molecule has 0 radical (unpaired) electrons. The van der Waals surface area contributed by atoms with Crippen LogP contribution in [0.3, 0.4) is 0 Å². The van der Waals surface area contributed by atoms with Crippen LogP contribution in [0.1, 0.15) is 5.56 Å². The summed E-state index contributed by atoms with van der Waals surface area (Å²) in [6.45, 7) is 1.47. The van der Waals surface area contributed by atoms with Crippen LogP contribution in [0.25, 0.3) is 0 Å². The molecule has 4 nitrogen and oxygen atoms in total. The van der Waals surface area contributed by atoms with Crippen LogP contribution in [0.2, 0.25) is 0 Å². The molecule has 0 bridgehead atoms. The van der Waals surface area contributed by atoms with Crippen LogP contribution in [0.5, 0.6) is 0 Å². The Balaban J connectivity index is 2.20. The van der Waals surface area contributed by atoms with E-state index in [2.05, 4.69) is 11.8 Å². The monoisotopic (exact) mass is 296 g/mol. The summed E-state index contributed by atoms with van der Waals surface area (Å²) in [4.78, 5) is 0.331. The molecule has 19 heavy (non-hydrogen) atoms. The maximum atomic E-state index is 12.4. The summed E-state index contributed by atoms with van der Waals surface area (Å²) < 4.78 is 26.3. The molecule has 1 aromatic carbocycles. The lowest BCUT2D eigenvalue weighted by Gasteiger charge is -2.25. The fourth-order valence-corrected chi connectivity index (χ4v) is 4.38. The number of benzene rings is 1. The molecular formula is C13H16N2O2S2. The van der Waals surface area contributed by atoms with Gasteiger partial charge in [-0.1, -0.05) is 11.8 Å². The molecule has 1 heterocycles. The average molecular weight is 296 g/mol. The maximum absolute atomic E-state index is 12.4. The van der Waals surface area contributed by atoms with Crippen LogP contribution in [-0.4, -0.2) is 43.9 Å². The van der Waals surface area contributed by atoms with Gasteiger partial charge in [0, 0.05) is 30.2 Å². The Bertz CT molecular complexity index is 579. The van der Waals surface area contributed by atoms with Crippen molar-refractivity contribution in [2.24, 2.45) is 5.73 Å². The third-order valence-electron chi connectivity index (χ3n) is 2.80. The predicted octanol–water partition coefficient (Wildman–Crippen LogP) is 0.734. The third-order valence-corrected chi connectivity index (χ3v) is 5.65. The van der Waals surface area contributed by atoms with Gasteiger partial charge >= 0.3 is 0 Å². The van der Waals surface area contributed by atoms with Crippen molar-refractivity contribution >= 4 is 21.8 Å². The second-order valence-corrected chi connectivity index (χ2v) is 7.21. The molecule has 1 aliphatic heterocycles. The summed E-state index contributed by atoms with van der Waals surface area (Å²) in [5, 5.41) is 0. The topological polar surface area (TPSA) is 63.4 Å². The lowest BCUT2D eigenvalue weighted by Crippen LogP contribution is -2.37. The Labute approximate surface area is 118 Å². The van der Waals surface area contributed by atoms with Gasteiger partial charge in [0.15, 0.2) is 0 Å². The minimum absolute atomic E-state index is 0.297. The second kappa shape index (κ2) is 6.44. The molecule has 6 heteroatoms. The molecule has 0 amide bonds. The molecule has 1 aromatic rings. The van der Waals surface area contributed by atoms with Crippen molar-refractivity contribution in [1.82, 2.24) is 4.31 Å². The predicted molar refractivity (Wildman–Crippen MR) is 78.5 cm³/mol. The highest BCUT2D eigenvalue weighted by molar-refractivity contribution is 7.99. The fourth-order valence-electron chi connectivity index (χ4n) is 1.80. The minimum atomic E-state index is -3.35. The molecule has 1 saturated heterocycles. The lowest BCUT2D eigenvalue weighted by molar-refractivity contribution is 0.443. The average Bonchev–Trinajstić information content (AvgIpc) is 2.46. The van der Waals surface area contributed by atoms with Gasteiger partial charge in [-0.05, 0) is 24.3 Å². The highest BCUT2D eigenvalue weighted by Crippen LogP contribution is 2.20. The largest absolute Gasteiger partial charge is 0.320 e. The molecule has 0 atom stereocenters. The molecule has 0 unspecified atom stereocenters. The van der Waals surface area contributed by atoms with Gasteiger partial charge in [-0.3, -0.25) is 0 Å². The van der Waals surface area contributed by atoms with Crippen molar-refractivity contribution in [2.75, 3.05) is 31.1 Å². The van der Waals surface area contributed by atoms with Gasteiger partial charge in [0.1, 0.15) is 0 Å². The van der Waals surface area contributed by atoms with Crippen LogP contribution >= 0.6 is 11.8 Å². The summed E-state index contributed by atoms with van der Waals surface area (Å²) in [7, 11) is -3.35. The maximum Gasteiger partial charge on any atom is 0.243 e. The standard InChI is InChI=1S/C13H16N2O2S2/c14-7-1-2-12-3-5-13(6-4-12)19(16,17)15-8-10-18-11-9-15/h3-6H,7-11,14H2. The zero-order valence-electron chi connectivity index (χ0n) is 10.5. The van der Waals surface area contributed by atoms with Crippen LogP contribution in [-0.2, 0) is 10.0 Å². The van der Waals surface area contributed by atoms with E-state index in [1.165, 1.54) is 0 Å². The van der Waals surface area contributed by atoms with E-state index in [9.17, 15) is 8.42 Å². The van der Waals surface area contributed by atoms with E-state index in [0.717, 1.165) is 17.1 Å². The molecule has 0 aliphatic carbocycles. The van der Waals surface area contributed by atoms with E-state index in [-0.39, 0.29) is 0 Å². The fraction of sp³-hybridized carbons (Fsp3) is 0.385. The van der Waals surface area contributed by atoms with E-state index in [4.69, 9.17) is 5.73 Å². The van der Waals surface area contributed by atoms with Gasteiger partial charge in [0.25, 0.3) is 0 Å². The Morgan fingerprint density at radius 2 is 1.84 bits per heavy atom. The SMILES string of the molecule is NCC#Cc1ccc(S(=O)(=O)N2CCSCC2)cc1. The van der Waals surface area contributed by atoms with E-state index in [0.29, 0.717) is 24.5 Å². The molecule has 0 spiro atoms. The number of rotatable bonds is 2. The highest BCUT2D eigenvalue weighted by Gasteiger charge is 2.25. The first-order valence-electron chi connectivity index (χ1n) is 6.01. The summed E-state index contributed by atoms with van der Waals surface area (Å²) in [6.07, 6.45) is 0. The van der Waals surface area contributed by atoms with Gasteiger partial charge in [0.2, 0.25) is 10.0 Å². The number of nitrogens with zero attached hydrogens (tertiary/aromatic N) is 1. The number of hydrogen-bond donors (Lipinski definition) is 1. The third kappa shape index (κ3) is 3.51. The molecule has 0 saturated carbocycles. The number of hydrogen-bond acceptors (Lipinski definition) is 4. The van der Waals surface area contributed by atoms with Crippen molar-refractivity contribution in [3.63, 3.8) is 0 Å². The smallest absolute Gasteiger partial charge is 0.243 e. The summed E-state index contributed by atoms with van der Waals surface area (Å²) in [5.74, 6) is 7.34. The van der Waals surface area contributed by atoms with Gasteiger partial charge in [0.05, 0.1) is 11.4 Å². The molecule has 1 aliphatic rings. The van der Waals surface area contributed by atoms with Crippen molar-refractivity contribution < 1.29 is 8.42 Å². The van der Waals surface area contributed by atoms with Gasteiger partial charge in [-0.25, -0.2) is 8.42 Å². The quantitative estimate of drug-likeness (QED) is 0.818. The summed E-state index contributed by atoms with van der Waals surface area (Å²) >= 11 is 1.79. The van der Waals surface area contributed by atoms with Gasteiger partial charge in [-0.15, -0.1) is 0 Å². The number of thioether (sulfide) groups is 1. The first kappa shape index (κ1) is 14.4. The van der Waals surface area contributed by atoms with Crippen molar-refractivity contribution in [2.45, 2.75) is 4.90 Å². The Morgan fingerprint density at radius 1 is 1.21 bits per heavy atom. The molecule has 1 fully saturated rings. The Hall–Kier alpha value is -1.00. The van der Waals surface area contributed by atoms with E-state index in [1.54, 1.807) is 40.3 Å². The summed E-state index contributed by atoms with van der Waals surface area (Å²) in [6, 6.07) is 6.65.